The monoisotopic (exact) mass is 708 g/mol. The van der Waals surface area contributed by atoms with Crippen molar-refractivity contribution in [3.8, 4) is 78.4 Å². The van der Waals surface area contributed by atoms with Crippen LogP contribution in [-0.2, 0) is 5.41 Å². The lowest BCUT2D eigenvalue weighted by atomic mass is 9.81. The van der Waals surface area contributed by atoms with Gasteiger partial charge in [0.25, 0.3) is 0 Å². The number of fused-ring (bicyclic) bond motifs is 4. The van der Waals surface area contributed by atoms with E-state index in [-0.39, 0.29) is 0 Å². The predicted molar refractivity (Wildman–Crippen MR) is 230 cm³/mol. The van der Waals surface area contributed by atoms with Crippen molar-refractivity contribution in [3.63, 3.8) is 0 Å². The summed E-state index contributed by atoms with van der Waals surface area (Å²) in [6.07, 6.45) is 0. The van der Waals surface area contributed by atoms with Crippen molar-refractivity contribution in [3.05, 3.63) is 205 Å². The summed E-state index contributed by atoms with van der Waals surface area (Å²) in [5, 5.41) is 2.07. The molecule has 0 unspecified atom stereocenters. The number of hydrogen-bond donors (Lipinski definition) is 0. The van der Waals surface area contributed by atoms with E-state index in [0.29, 0.717) is 28.1 Å². The minimum atomic E-state index is -2.83. The third kappa shape index (κ3) is 5.75. The molecule has 1 aliphatic rings. The molecule has 2 nitrogen and oxygen atoms in total. The smallest absolute Gasteiger partial charge is 0.160 e. The molecule has 1 aliphatic carbocycles. The fourth-order valence-corrected chi connectivity index (χ4v) is 8.01. The standard InChI is InChI=1S/C53H38N2/c1-53(2)48-23-12-11-22-45(48)46-29-28-40(33-49(46)53)39-18-13-19-41(32-39)42-30-31-47(44-21-10-9-20-43(42)44)51-34-50(54-52(55-51)38-16-7-4-8-17-38)37-26-24-36(25-27-37)35-14-5-3-6-15-35/h3-34H,1-2H3/i1D3,2D3. The second-order valence-corrected chi connectivity index (χ2v) is 14.1. The van der Waals surface area contributed by atoms with Gasteiger partial charge >= 0.3 is 0 Å². The molecule has 0 saturated carbocycles. The maximum atomic E-state index is 8.69. The van der Waals surface area contributed by atoms with Gasteiger partial charge in [-0.1, -0.05) is 190 Å². The first kappa shape index (κ1) is 26.8. The fraction of sp³-hybridized carbons (Fsp3) is 0.0566. The molecule has 0 fully saturated rings. The average molecular weight is 709 g/mol. The van der Waals surface area contributed by atoms with E-state index in [1.807, 2.05) is 97.1 Å². The maximum absolute atomic E-state index is 8.69. The minimum absolute atomic E-state index is 0.303. The molecule has 0 spiro atoms. The van der Waals surface area contributed by atoms with Crippen LogP contribution in [0.15, 0.2) is 194 Å². The van der Waals surface area contributed by atoms with Gasteiger partial charge < -0.3 is 0 Å². The lowest BCUT2D eigenvalue weighted by Crippen LogP contribution is -2.14. The molecule has 0 atom stereocenters. The van der Waals surface area contributed by atoms with Gasteiger partial charge in [-0.25, -0.2) is 9.97 Å². The van der Waals surface area contributed by atoms with E-state index in [9.17, 15) is 0 Å². The zero-order valence-corrected chi connectivity index (χ0v) is 29.9. The number of rotatable bonds is 6. The average Bonchev–Trinajstić information content (AvgIpc) is 3.61. The van der Waals surface area contributed by atoms with Gasteiger partial charge in [0, 0.05) is 30.3 Å². The lowest BCUT2D eigenvalue weighted by molar-refractivity contribution is 0.660. The normalized spacial score (nSPS) is 14.8. The van der Waals surface area contributed by atoms with Crippen LogP contribution < -0.4 is 0 Å². The Morgan fingerprint density at radius 2 is 0.873 bits per heavy atom. The molecule has 2 heteroatoms. The second-order valence-electron chi connectivity index (χ2n) is 14.1. The van der Waals surface area contributed by atoms with Crippen LogP contribution in [0.4, 0.5) is 0 Å². The highest BCUT2D eigenvalue weighted by molar-refractivity contribution is 6.05. The van der Waals surface area contributed by atoms with Crippen molar-refractivity contribution in [2.45, 2.75) is 19.1 Å². The molecule has 8 aromatic carbocycles. The van der Waals surface area contributed by atoms with Crippen LogP contribution in [0.1, 0.15) is 33.1 Å². The van der Waals surface area contributed by atoms with Crippen molar-refractivity contribution < 1.29 is 8.22 Å². The van der Waals surface area contributed by atoms with Crippen LogP contribution in [0.3, 0.4) is 0 Å². The SMILES string of the molecule is [2H]C([2H])([2H])C1(C([2H])([2H])[2H])c2ccccc2-c2ccc(-c3cccc(-c4ccc(-c5cc(-c6ccc(-c7ccccc7)cc6)nc(-c6ccccc6)n5)c5ccccc45)c3)cc21. The van der Waals surface area contributed by atoms with Crippen LogP contribution in [0.2, 0.25) is 0 Å². The summed E-state index contributed by atoms with van der Waals surface area (Å²) in [6, 6.07) is 64.2. The summed E-state index contributed by atoms with van der Waals surface area (Å²) in [6.45, 7) is -5.67. The Morgan fingerprint density at radius 3 is 1.65 bits per heavy atom. The van der Waals surface area contributed by atoms with Crippen LogP contribution in [0, 0.1) is 0 Å². The predicted octanol–water partition coefficient (Wildman–Crippen LogP) is 13.9. The van der Waals surface area contributed by atoms with E-state index in [1.54, 1.807) is 18.2 Å². The van der Waals surface area contributed by atoms with E-state index < -0.39 is 19.1 Å². The molecule has 260 valence electrons. The summed E-state index contributed by atoms with van der Waals surface area (Å²) in [7, 11) is 0. The van der Waals surface area contributed by atoms with Gasteiger partial charge in [0.05, 0.1) is 11.4 Å². The minimum Gasteiger partial charge on any atom is -0.228 e. The van der Waals surface area contributed by atoms with E-state index in [4.69, 9.17) is 18.2 Å². The van der Waals surface area contributed by atoms with Gasteiger partial charge in [-0.2, -0.15) is 0 Å². The Hall–Kier alpha value is -6.90. The van der Waals surface area contributed by atoms with Gasteiger partial charge in [-0.15, -0.1) is 0 Å². The molecule has 1 heterocycles. The van der Waals surface area contributed by atoms with E-state index in [0.717, 1.165) is 72.2 Å². The van der Waals surface area contributed by atoms with Crippen molar-refractivity contribution >= 4 is 10.8 Å². The lowest BCUT2D eigenvalue weighted by Gasteiger charge is -2.22. The highest BCUT2D eigenvalue weighted by Crippen LogP contribution is 2.49. The van der Waals surface area contributed by atoms with Crippen LogP contribution in [0.25, 0.3) is 89.2 Å². The molecule has 10 rings (SSSR count). The summed E-state index contributed by atoms with van der Waals surface area (Å²) in [5.74, 6) is 0.638. The van der Waals surface area contributed by atoms with Crippen LogP contribution in [0.5, 0.6) is 0 Å². The van der Waals surface area contributed by atoms with Crippen molar-refractivity contribution in [2.24, 2.45) is 0 Å². The summed E-state index contributed by atoms with van der Waals surface area (Å²) >= 11 is 0. The molecule has 0 N–H and O–H groups in total. The Bertz CT molecular complexity index is 3090. The molecule has 9 aromatic rings. The molecular weight excluding hydrogens is 665 g/mol. The Kier molecular flexibility index (Phi) is 6.43. The van der Waals surface area contributed by atoms with Gasteiger partial charge in [-0.05, 0) is 84.6 Å². The topological polar surface area (TPSA) is 25.8 Å². The molecule has 0 bridgehead atoms. The summed E-state index contributed by atoms with van der Waals surface area (Å²) in [5.41, 5.74) is 10.1. The fourth-order valence-electron chi connectivity index (χ4n) is 8.01. The first-order valence-corrected chi connectivity index (χ1v) is 18.5. The molecule has 0 amide bonds. The first-order chi connectivity index (χ1) is 29.5. The zero-order chi connectivity index (χ0) is 41.9. The largest absolute Gasteiger partial charge is 0.228 e. The number of benzene rings is 8. The number of hydrogen-bond acceptors (Lipinski definition) is 2. The number of nitrogens with zero attached hydrogens (tertiary/aromatic N) is 2. The third-order valence-corrected chi connectivity index (χ3v) is 10.8. The molecule has 0 radical (unpaired) electrons. The Balaban J connectivity index is 1.08. The van der Waals surface area contributed by atoms with Crippen LogP contribution >= 0.6 is 0 Å². The van der Waals surface area contributed by atoms with Crippen molar-refractivity contribution in [1.82, 2.24) is 9.97 Å². The van der Waals surface area contributed by atoms with Gasteiger partial charge in [0.15, 0.2) is 5.82 Å². The Morgan fingerprint density at radius 1 is 0.345 bits per heavy atom. The van der Waals surface area contributed by atoms with Crippen LogP contribution in [-0.4, -0.2) is 9.97 Å². The first-order valence-electron chi connectivity index (χ1n) is 21.5. The summed E-state index contributed by atoms with van der Waals surface area (Å²) < 4.78 is 52.1. The maximum Gasteiger partial charge on any atom is 0.160 e. The summed E-state index contributed by atoms with van der Waals surface area (Å²) in [4.78, 5) is 10.3. The Labute approximate surface area is 330 Å². The molecular formula is C53H38N2. The van der Waals surface area contributed by atoms with Gasteiger partial charge in [-0.3, -0.25) is 0 Å². The molecule has 1 aromatic heterocycles. The number of aromatic nitrogens is 2. The second kappa shape index (κ2) is 13.2. The third-order valence-electron chi connectivity index (χ3n) is 10.8. The van der Waals surface area contributed by atoms with Crippen molar-refractivity contribution in [1.29, 1.82) is 0 Å². The van der Waals surface area contributed by atoms with Crippen molar-refractivity contribution in [2.75, 3.05) is 0 Å². The molecule has 0 saturated heterocycles. The quantitative estimate of drug-likeness (QED) is 0.172. The van der Waals surface area contributed by atoms with E-state index >= 15 is 0 Å². The highest BCUT2D eigenvalue weighted by Gasteiger charge is 2.35. The molecule has 55 heavy (non-hydrogen) atoms. The zero-order valence-electron chi connectivity index (χ0n) is 35.9. The molecule has 0 aliphatic heterocycles. The van der Waals surface area contributed by atoms with E-state index in [1.165, 1.54) is 0 Å². The highest BCUT2D eigenvalue weighted by atomic mass is 14.9. The van der Waals surface area contributed by atoms with Gasteiger partial charge in [0.1, 0.15) is 0 Å². The van der Waals surface area contributed by atoms with E-state index in [2.05, 4.69) is 78.9 Å². The van der Waals surface area contributed by atoms with Gasteiger partial charge in [0.2, 0.25) is 0 Å².